The van der Waals surface area contributed by atoms with Gasteiger partial charge in [-0.1, -0.05) is 65.8 Å². The van der Waals surface area contributed by atoms with Crippen LogP contribution < -0.4 is 5.73 Å². The van der Waals surface area contributed by atoms with Gasteiger partial charge in [-0.3, -0.25) is 4.79 Å². The Bertz CT molecular complexity index is 1370. The van der Waals surface area contributed by atoms with Gasteiger partial charge >= 0.3 is 11.9 Å². The Labute approximate surface area is 253 Å². The number of primary amides is 1. The average molecular weight is 614 g/mol. The topological polar surface area (TPSA) is 207 Å². The minimum atomic E-state index is -1.36. The summed E-state index contributed by atoms with van der Waals surface area (Å²) in [6.07, 6.45) is -3.63. The summed E-state index contributed by atoms with van der Waals surface area (Å²) in [7, 11) is 0. The molecule has 236 valence electrons. The van der Waals surface area contributed by atoms with Gasteiger partial charge in [0, 0.05) is 0 Å². The maximum Gasteiger partial charge on any atom is 0.360 e. The van der Waals surface area contributed by atoms with Crippen LogP contribution in [0.3, 0.4) is 0 Å². The van der Waals surface area contributed by atoms with E-state index in [4.69, 9.17) is 24.7 Å². The van der Waals surface area contributed by atoms with Crippen LogP contribution in [0, 0.1) is 0 Å². The number of hydrogen-bond donors (Lipinski definition) is 3. The summed E-state index contributed by atoms with van der Waals surface area (Å²) >= 11 is 0. The Hall–Kier alpha value is -4.54. The number of ether oxygens (including phenoxy) is 4. The highest BCUT2D eigenvalue weighted by atomic mass is 16.7. The largest absolute Gasteiger partial charge is 0.461 e. The van der Waals surface area contributed by atoms with Crippen molar-refractivity contribution in [2.24, 2.45) is 10.9 Å². The summed E-state index contributed by atoms with van der Waals surface area (Å²) in [6, 6.07) is 18.9. The zero-order chi connectivity index (χ0) is 31.9. The molecule has 44 heavy (non-hydrogen) atoms. The number of carbonyl (C=O) groups is 3. The Morgan fingerprint density at radius 3 is 2.00 bits per heavy atom. The molecule has 2 heterocycles. The number of amides is 1. The molecular weight excluding hydrogens is 578 g/mol. The van der Waals surface area contributed by atoms with Crippen molar-refractivity contribution in [1.82, 2.24) is 14.8 Å². The number of aromatic nitrogens is 3. The van der Waals surface area contributed by atoms with Crippen LogP contribution in [0.2, 0.25) is 0 Å². The third-order valence-corrected chi connectivity index (χ3v) is 5.73. The molecule has 2 aromatic carbocycles. The van der Waals surface area contributed by atoms with Crippen LogP contribution >= 0.6 is 0 Å². The van der Waals surface area contributed by atoms with Gasteiger partial charge < -0.3 is 39.7 Å². The molecule has 0 aliphatic carbocycles. The first-order chi connectivity index (χ1) is 21.1. The zero-order valence-electron chi connectivity index (χ0n) is 24.2. The highest BCUT2D eigenvalue weighted by molar-refractivity contribution is 5.88. The van der Waals surface area contributed by atoms with E-state index in [-0.39, 0.29) is 32.3 Å². The summed E-state index contributed by atoms with van der Waals surface area (Å²) in [5.41, 5.74) is 7.70. The van der Waals surface area contributed by atoms with Crippen LogP contribution in [0.5, 0.6) is 0 Å². The van der Waals surface area contributed by atoms with E-state index in [2.05, 4.69) is 20.1 Å². The molecule has 1 amide bonds. The minimum Gasteiger partial charge on any atom is -0.461 e. The molecule has 0 radical (unpaired) electrons. The third kappa shape index (κ3) is 11.3. The zero-order valence-corrected chi connectivity index (χ0v) is 24.2. The summed E-state index contributed by atoms with van der Waals surface area (Å²) in [5, 5.41) is 27.5. The van der Waals surface area contributed by atoms with Crippen LogP contribution in [0.4, 0.5) is 0 Å². The van der Waals surface area contributed by atoms with Crippen molar-refractivity contribution in [1.29, 1.82) is 0 Å². The Balaban J connectivity index is 0.000000281. The van der Waals surface area contributed by atoms with E-state index < -0.39 is 42.4 Å². The maximum atomic E-state index is 11.8. The van der Waals surface area contributed by atoms with Crippen LogP contribution in [0.1, 0.15) is 41.8 Å². The number of esters is 1. The molecule has 4 N–H and O–H groups in total. The molecule has 1 aliphatic rings. The molecule has 3 aromatic rings. The molecular formula is C29H35N5O10. The van der Waals surface area contributed by atoms with Gasteiger partial charge in [0.1, 0.15) is 44.5 Å². The summed E-state index contributed by atoms with van der Waals surface area (Å²) in [6.45, 7) is 3.49. The predicted molar refractivity (Wildman–Crippen MR) is 152 cm³/mol. The molecule has 0 spiro atoms. The fourth-order valence-electron chi connectivity index (χ4n) is 3.63. The number of aliphatic hydroxyl groups excluding tert-OH is 2. The Kier molecular flexibility index (Phi) is 13.5. The fraction of sp³-hybridized carbons (Fsp3) is 0.379. The van der Waals surface area contributed by atoms with Gasteiger partial charge in [-0.25, -0.2) is 19.3 Å². The minimum absolute atomic E-state index is 0.0916. The second kappa shape index (κ2) is 17.5. The van der Waals surface area contributed by atoms with E-state index in [1.165, 1.54) is 0 Å². The van der Waals surface area contributed by atoms with Gasteiger partial charge in [0.15, 0.2) is 6.23 Å². The van der Waals surface area contributed by atoms with Gasteiger partial charge in [0.05, 0.1) is 18.9 Å². The number of nitrogens with two attached hydrogens (primary N) is 1. The number of hydrogen-bond acceptors (Lipinski definition) is 13. The highest BCUT2D eigenvalue weighted by Gasteiger charge is 2.45. The maximum absolute atomic E-state index is 11.8. The van der Waals surface area contributed by atoms with Crippen molar-refractivity contribution in [2.75, 3.05) is 19.8 Å². The number of aliphatic hydroxyl groups is 2. The Morgan fingerprint density at radius 1 is 0.909 bits per heavy atom. The van der Waals surface area contributed by atoms with Crippen molar-refractivity contribution in [3.8, 4) is 0 Å². The van der Waals surface area contributed by atoms with Crippen LogP contribution in [0.25, 0.3) is 0 Å². The van der Waals surface area contributed by atoms with Gasteiger partial charge in [-0.2, -0.15) is 0 Å². The average Bonchev–Trinajstić information content (AvgIpc) is 3.61. The first kappa shape index (κ1) is 34.0. The quantitative estimate of drug-likeness (QED) is 0.106. The third-order valence-electron chi connectivity index (χ3n) is 5.73. The lowest BCUT2D eigenvalue weighted by atomic mass is 10.1. The highest BCUT2D eigenvalue weighted by Crippen LogP contribution is 2.29. The molecule has 0 saturated carbocycles. The van der Waals surface area contributed by atoms with E-state index in [1.54, 1.807) is 13.8 Å². The second-order valence-electron chi connectivity index (χ2n) is 9.60. The molecule has 15 nitrogen and oxygen atoms in total. The molecule has 4 rings (SSSR count). The molecule has 1 fully saturated rings. The first-order valence-corrected chi connectivity index (χ1v) is 13.5. The van der Waals surface area contributed by atoms with E-state index in [0.29, 0.717) is 12.3 Å². The number of carbonyl (C=O) groups excluding carboxylic acids is 3. The van der Waals surface area contributed by atoms with Crippen LogP contribution in [0.15, 0.2) is 72.1 Å². The molecule has 1 unspecified atom stereocenters. The number of nitrogens with zero attached hydrogens (tertiary/aromatic N) is 4. The van der Waals surface area contributed by atoms with Crippen molar-refractivity contribution >= 4 is 23.6 Å². The lowest BCUT2D eigenvalue weighted by molar-refractivity contribution is -0.155. The molecule has 1 aliphatic heterocycles. The van der Waals surface area contributed by atoms with Crippen molar-refractivity contribution in [2.45, 2.75) is 51.6 Å². The fourth-order valence-corrected chi connectivity index (χ4v) is 3.63. The molecule has 1 aromatic heterocycles. The molecule has 15 heteroatoms. The van der Waals surface area contributed by atoms with Gasteiger partial charge in [0.2, 0.25) is 5.82 Å². The van der Waals surface area contributed by atoms with Crippen LogP contribution in [-0.2, 0) is 46.6 Å². The van der Waals surface area contributed by atoms with Gasteiger partial charge in [0.25, 0.3) is 5.91 Å². The van der Waals surface area contributed by atoms with Gasteiger partial charge in [-0.15, -0.1) is 5.10 Å². The van der Waals surface area contributed by atoms with E-state index in [9.17, 15) is 24.6 Å². The summed E-state index contributed by atoms with van der Waals surface area (Å²) < 4.78 is 22.0. The number of benzene rings is 2. The second-order valence-corrected chi connectivity index (χ2v) is 9.60. The summed E-state index contributed by atoms with van der Waals surface area (Å²) in [5.74, 6) is -2.22. The number of rotatable bonds is 13. The first-order valence-electron chi connectivity index (χ1n) is 13.5. The summed E-state index contributed by atoms with van der Waals surface area (Å²) in [4.78, 5) is 42.2. The SMILES string of the molecule is CC(C)=NOC(=O)COCc1ccccc1.NC(=O)c1ncn([C@@H]2O[C@H](COC(=O)COCc3ccccc3)[C@@H](O)C2O)n1. The van der Waals surface area contributed by atoms with E-state index >= 15 is 0 Å². The van der Waals surface area contributed by atoms with E-state index in [0.717, 1.165) is 22.1 Å². The normalized spacial score (nSPS) is 18.9. The molecule has 0 bridgehead atoms. The van der Waals surface area contributed by atoms with Crippen LogP contribution in [-0.4, -0.2) is 86.7 Å². The monoisotopic (exact) mass is 613 g/mol. The van der Waals surface area contributed by atoms with Crippen molar-refractivity contribution in [3.05, 3.63) is 83.9 Å². The number of oxime groups is 1. The smallest absolute Gasteiger partial charge is 0.360 e. The molecule has 4 atom stereocenters. The molecule has 1 saturated heterocycles. The lowest BCUT2D eigenvalue weighted by Gasteiger charge is -2.14. The lowest BCUT2D eigenvalue weighted by Crippen LogP contribution is -2.34. The Morgan fingerprint density at radius 2 is 1.48 bits per heavy atom. The van der Waals surface area contributed by atoms with Crippen molar-refractivity contribution in [3.63, 3.8) is 0 Å². The standard InChI is InChI=1S/C17H20N4O7.C12H15NO3/c18-15(25)16-19-9-21(20-16)17-14(24)13(23)11(28-17)7-27-12(22)8-26-6-10-4-2-1-3-5-10;1-10(2)13-16-12(14)9-15-8-11-6-4-3-5-7-11/h1-5,9,11,13-14,17,23-24H,6-8H2,(H2,18,25);3-7H,8-9H2,1-2H3/t11-,13-,14?,17-;/m1./s1. The van der Waals surface area contributed by atoms with Gasteiger partial charge in [-0.05, 0) is 25.0 Å². The predicted octanol–water partition coefficient (Wildman–Crippen LogP) is 0.898. The van der Waals surface area contributed by atoms with Crippen molar-refractivity contribution < 1.29 is 48.4 Å². The van der Waals surface area contributed by atoms with E-state index in [1.807, 2.05) is 60.7 Å².